The van der Waals surface area contributed by atoms with Crippen molar-refractivity contribution < 1.29 is 0 Å². The minimum absolute atomic E-state index is 0.695. The Hall–Kier alpha value is -0.0800. The lowest BCUT2D eigenvalue weighted by Crippen LogP contribution is -2.46. The van der Waals surface area contributed by atoms with E-state index in [0.717, 1.165) is 12.0 Å². The smallest absolute Gasteiger partial charge is 0.0107 e. The van der Waals surface area contributed by atoms with Crippen LogP contribution in [0.1, 0.15) is 79.1 Å². The van der Waals surface area contributed by atoms with Crippen molar-refractivity contribution in [3.8, 4) is 0 Å². The summed E-state index contributed by atoms with van der Waals surface area (Å²) in [5, 5.41) is 3.81. The molecule has 120 valence electrons. The van der Waals surface area contributed by atoms with E-state index in [1.54, 1.807) is 0 Å². The maximum atomic E-state index is 3.81. The van der Waals surface area contributed by atoms with Gasteiger partial charge in [-0.1, -0.05) is 39.5 Å². The summed E-state index contributed by atoms with van der Waals surface area (Å²) in [4.78, 5) is 2.73. The topological polar surface area (TPSA) is 15.3 Å². The van der Waals surface area contributed by atoms with Crippen molar-refractivity contribution in [2.75, 3.05) is 19.6 Å². The Labute approximate surface area is 127 Å². The molecule has 0 aromatic carbocycles. The molecule has 2 nitrogen and oxygen atoms in total. The molecule has 0 bridgehead atoms. The van der Waals surface area contributed by atoms with Crippen molar-refractivity contribution in [1.29, 1.82) is 0 Å². The standard InChI is InChI=1S/C18H38N2/c1-5-7-10-14-20(16(3)4)15-17-11-8-9-12-18(17)19-13-6-2/h16-19H,5-15H2,1-4H3. The molecule has 1 rings (SSSR count). The summed E-state index contributed by atoms with van der Waals surface area (Å²) < 4.78 is 0. The molecular formula is C18H38N2. The molecular weight excluding hydrogens is 244 g/mol. The van der Waals surface area contributed by atoms with Gasteiger partial charge in [0.25, 0.3) is 0 Å². The van der Waals surface area contributed by atoms with Crippen LogP contribution in [0.15, 0.2) is 0 Å². The number of nitrogens with one attached hydrogen (secondary N) is 1. The Morgan fingerprint density at radius 2 is 1.80 bits per heavy atom. The van der Waals surface area contributed by atoms with Crippen LogP contribution in [0.3, 0.4) is 0 Å². The summed E-state index contributed by atoms with van der Waals surface area (Å²) >= 11 is 0. The van der Waals surface area contributed by atoms with Gasteiger partial charge >= 0.3 is 0 Å². The first-order valence-electron chi connectivity index (χ1n) is 9.16. The predicted octanol–water partition coefficient (Wildman–Crippen LogP) is 4.45. The van der Waals surface area contributed by atoms with Gasteiger partial charge in [-0.3, -0.25) is 0 Å². The number of nitrogens with zero attached hydrogens (tertiary/aromatic N) is 1. The number of rotatable bonds is 10. The van der Waals surface area contributed by atoms with Crippen molar-refractivity contribution in [1.82, 2.24) is 10.2 Å². The second kappa shape index (κ2) is 10.6. The summed E-state index contributed by atoms with van der Waals surface area (Å²) in [5.41, 5.74) is 0. The molecule has 0 amide bonds. The zero-order chi connectivity index (χ0) is 14.8. The summed E-state index contributed by atoms with van der Waals surface area (Å²) in [6, 6.07) is 1.47. The van der Waals surface area contributed by atoms with E-state index in [9.17, 15) is 0 Å². The lowest BCUT2D eigenvalue weighted by atomic mass is 9.83. The van der Waals surface area contributed by atoms with E-state index < -0.39 is 0 Å². The second-order valence-electron chi connectivity index (χ2n) is 6.90. The van der Waals surface area contributed by atoms with Crippen LogP contribution in [0.4, 0.5) is 0 Å². The summed E-state index contributed by atoms with van der Waals surface area (Å²) in [5.74, 6) is 0.874. The van der Waals surface area contributed by atoms with Crippen molar-refractivity contribution in [2.24, 2.45) is 5.92 Å². The third kappa shape index (κ3) is 6.58. The van der Waals surface area contributed by atoms with Crippen LogP contribution < -0.4 is 5.32 Å². The largest absolute Gasteiger partial charge is 0.314 e. The molecule has 0 heterocycles. The molecule has 2 unspecified atom stereocenters. The first kappa shape index (κ1) is 18.0. The van der Waals surface area contributed by atoms with E-state index in [4.69, 9.17) is 0 Å². The molecule has 0 aromatic heterocycles. The molecule has 2 heteroatoms. The normalized spacial score (nSPS) is 23.7. The lowest BCUT2D eigenvalue weighted by molar-refractivity contribution is 0.139. The van der Waals surface area contributed by atoms with Crippen LogP contribution in [0.5, 0.6) is 0 Å². The van der Waals surface area contributed by atoms with E-state index >= 15 is 0 Å². The Balaban J connectivity index is 2.45. The Kier molecular flexibility index (Phi) is 9.54. The van der Waals surface area contributed by atoms with Gasteiger partial charge in [0, 0.05) is 18.6 Å². The SMILES string of the molecule is CCCCCN(CC1CCCCC1NCCC)C(C)C. The molecule has 0 aromatic rings. The van der Waals surface area contributed by atoms with E-state index in [1.165, 1.54) is 71.0 Å². The van der Waals surface area contributed by atoms with Gasteiger partial charge in [0.2, 0.25) is 0 Å². The van der Waals surface area contributed by atoms with Gasteiger partial charge < -0.3 is 10.2 Å². The average Bonchev–Trinajstić information content (AvgIpc) is 2.45. The van der Waals surface area contributed by atoms with Gasteiger partial charge in [-0.05, 0) is 58.5 Å². The monoisotopic (exact) mass is 282 g/mol. The van der Waals surface area contributed by atoms with Crippen LogP contribution in [0.25, 0.3) is 0 Å². The third-order valence-corrected chi connectivity index (χ3v) is 4.81. The minimum Gasteiger partial charge on any atom is -0.314 e. The van der Waals surface area contributed by atoms with Gasteiger partial charge in [0.1, 0.15) is 0 Å². The number of hydrogen-bond acceptors (Lipinski definition) is 2. The second-order valence-corrected chi connectivity index (χ2v) is 6.90. The van der Waals surface area contributed by atoms with Gasteiger partial charge in [-0.15, -0.1) is 0 Å². The fourth-order valence-corrected chi connectivity index (χ4v) is 3.45. The van der Waals surface area contributed by atoms with Gasteiger partial charge in [0.05, 0.1) is 0 Å². The first-order valence-corrected chi connectivity index (χ1v) is 9.16. The first-order chi connectivity index (χ1) is 9.69. The van der Waals surface area contributed by atoms with Crippen molar-refractivity contribution in [3.63, 3.8) is 0 Å². The van der Waals surface area contributed by atoms with Crippen LogP contribution in [0.2, 0.25) is 0 Å². The van der Waals surface area contributed by atoms with E-state index in [1.807, 2.05) is 0 Å². The molecule has 0 radical (unpaired) electrons. The highest BCUT2D eigenvalue weighted by molar-refractivity contribution is 4.84. The van der Waals surface area contributed by atoms with Crippen molar-refractivity contribution in [2.45, 2.75) is 91.1 Å². The molecule has 0 saturated heterocycles. The van der Waals surface area contributed by atoms with Crippen LogP contribution >= 0.6 is 0 Å². The minimum atomic E-state index is 0.695. The maximum absolute atomic E-state index is 3.81. The van der Waals surface area contributed by atoms with Crippen LogP contribution in [-0.2, 0) is 0 Å². The maximum Gasteiger partial charge on any atom is 0.0107 e. The van der Waals surface area contributed by atoms with Crippen LogP contribution in [0, 0.1) is 5.92 Å². The van der Waals surface area contributed by atoms with Crippen molar-refractivity contribution in [3.05, 3.63) is 0 Å². The lowest BCUT2D eigenvalue weighted by Gasteiger charge is -2.37. The van der Waals surface area contributed by atoms with E-state index in [0.29, 0.717) is 6.04 Å². The average molecular weight is 283 g/mol. The van der Waals surface area contributed by atoms with Gasteiger partial charge in [-0.25, -0.2) is 0 Å². The molecule has 1 aliphatic rings. The molecule has 1 fully saturated rings. The predicted molar refractivity (Wildman–Crippen MR) is 90.3 cm³/mol. The highest BCUT2D eigenvalue weighted by Gasteiger charge is 2.26. The molecule has 0 spiro atoms. The molecule has 1 N–H and O–H groups in total. The molecule has 20 heavy (non-hydrogen) atoms. The third-order valence-electron chi connectivity index (χ3n) is 4.81. The molecule has 1 aliphatic carbocycles. The van der Waals surface area contributed by atoms with E-state index in [-0.39, 0.29) is 0 Å². The van der Waals surface area contributed by atoms with Gasteiger partial charge in [0.15, 0.2) is 0 Å². The fraction of sp³-hybridized carbons (Fsp3) is 1.00. The summed E-state index contributed by atoms with van der Waals surface area (Å²) in [6.07, 6.45) is 11.0. The fourth-order valence-electron chi connectivity index (χ4n) is 3.45. The zero-order valence-electron chi connectivity index (χ0n) is 14.5. The summed E-state index contributed by atoms with van der Waals surface area (Å²) in [7, 11) is 0. The number of unbranched alkanes of at least 4 members (excludes halogenated alkanes) is 2. The molecule has 2 atom stereocenters. The van der Waals surface area contributed by atoms with Gasteiger partial charge in [-0.2, -0.15) is 0 Å². The van der Waals surface area contributed by atoms with Crippen molar-refractivity contribution >= 4 is 0 Å². The highest BCUT2D eigenvalue weighted by atomic mass is 15.1. The Morgan fingerprint density at radius 1 is 1.05 bits per heavy atom. The molecule has 1 saturated carbocycles. The quantitative estimate of drug-likeness (QED) is 0.596. The Morgan fingerprint density at radius 3 is 2.45 bits per heavy atom. The Bertz CT molecular complexity index is 227. The van der Waals surface area contributed by atoms with Crippen LogP contribution in [-0.4, -0.2) is 36.6 Å². The van der Waals surface area contributed by atoms with E-state index in [2.05, 4.69) is 37.9 Å². The number of hydrogen-bond donors (Lipinski definition) is 1. The zero-order valence-corrected chi connectivity index (χ0v) is 14.5. The highest BCUT2D eigenvalue weighted by Crippen LogP contribution is 2.26. The summed E-state index contributed by atoms with van der Waals surface area (Å²) in [6.45, 7) is 13.1. The molecule has 0 aliphatic heterocycles.